The Bertz CT molecular complexity index is 2020. The molecule has 3 aliphatic rings. The minimum Gasteiger partial charge on any atom is -0.378 e. The smallest absolute Gasteiger partial charge is 0.323 e. The lowest BCUT2D eigenvalue weighted by molar-refractivity contribution is 0.0595. The Morgan fingerprint density at radius 1 is 0.830 bits per heavy atom. The highest BCUT2D eigenvalue weighted by Gasteiger charge is 2.26. The van der Waals surface area contributed by atoms with E-state index in [1.807, 2.05) is 39.9 Å². The number of carbonyl (C=O) groups is 2. The molecule has 3 fully saturated rings. The van der Waals surface area contributed by atoms with Gasteiger partial charge in [0.1, 0.15) is 5.52 Å². The molecule has 0 unspecified atom stereocenters. The number of benzene rings is 2. The lowest BCUT2D eigenvalue weighted by Crippen LogP contribution is -2.50. The van der Waals surface area contributed by atoms with Crippen molar-refractivity contribution in [1.82, 2.24) is 33.6 Å². The SMILES string of the molecule is CC(C)N1CCN(C(=O)c2ccc(NC(=O)Nc3ccc(-c4nc(N5CCOCC5)c5cc(CN6CCN(S(C)(=O)=O)CC6)cn5n4)cc3)cc2)CC1. The van der Waals surface area contributed by atoms with E-state index in [0.717, 1.165) is 35.6 Å². The van der Waals surface area contributed by atoms with Crippen LogP contribution in [0.3, 0.4) is 0 Å². The third-order valence-electron chi connectivity index (χ3n) is 10.1. The molecule has 15 nitrogen and oxygen atoms in total. The summed E-state index contributed by atoms with van der Waals surface area (Å²) in [4.78, 5) is 39.7. The number of carbonyl (C=O) groups excluding carboxylic acids is 2. The van der Waals surface area contributed by atoms with Gasteiger partial charge in [0.05, 0.1) is 19.5 Å². The summed E-state index contributed by atoms with van der Waals surface area (Å²) < 4.78 is 32.9. The van der Waals surface area contributed by atoms with Gasteiger partial charge in [-0.3, -0.25) is 14.6 Å². The highest BCUT2D eigenvalue weighted by Crippen LogP contribution is 2.27. The van der Waals surface area contributed by atoms with Crippen LogP contribution in [0.1, 0.15) is 29.8 Å². The van der Waals surface area contributed by atoms with Crippen LogP contribution in [0.4, 0.5) is 22.0 Å². The number of hydrogen-bond acceptors (Lipinski definition) is 10. The zero-order valence-electron chi connectivity index (χ0n) is 30.6. The van der Waals surface area contributed by atoms with E-state index >= 15 is 0 Å². The first-order valence-corrected chi connectivity index (χ1v) is 20.1. The minimum absolute atomic E-state index is 0.00384. The monoisotopic (exact) mass is 744 g/mol. The summed E-state index contributed by atoms with van der Waals surface area (Å²) in [6.07, 6.45) is 3.28. The Morgan fingerprint density at radius 2 is 1.45 bits per heavy atom. The summed E-state index contributed by atoms with van der Waals surface area (Å²) in [5.74, 6) is 1.38. The van der Waals surface area contributed by atoms with Gasteiger partial charge >= 0.3 is 6.03 Å². The second kappa shape index (κ2) is 15.8. The van der Waals surface area contributed by atoms with Crippen LogP contribution >= 0.6 is 0 Å². The first kappa shape index (κ1) is 36.7. The van der Waals surface area contributed by atoms with E-state index in [2.05, 4.69) is 45.2 Å². The van der Waals surface area contributed by atoms with E-state index in [1.54, 1.807) is 24.3 Å². The maximum atomic E-state index is 13.0. The van der Waals surface area contributed by atoms with E-state index in [0.29, 0.717) is 101 Å². The first-order valence-electron chi connectivity index (χ1n) is 18.2. The molecule has 3 amide bonds. The number of morpholine rings is 1. The van der Waals surface area contributed by atoms with Crippen LogP contribution in [0.25, 0.3) is 16.9 Å². The van der Waals surface area contributed by atoms with Gasteiger partial charge in [0.2, 0.25) is 10.0 Å². The van der Waals surface area contributed by atoms with Crippen molar-refractivity contribution in [3.63, 3.8) is 0 Å². The van der Waals surface area contributed by atoms with Gasteiger partial charge in [-0.2, -0.15) is 4.31 Å². The number of nitrogens with one attached hydrogen (secondary N) is 2. The Kier molecular flexibility index (Phi) is 10.9. The fourth-order valence-corrected chi connectivity index (χ4v) is 7.87. The summed E-state index contributed by atoms with van der Waals surface area (Å²) in [5, 5.41) is 10.6. The Morgan fingerprint density at radius 3 is 2.06 bits per heavy atom. The number of hydrogen-bond donors (Lipinski definition) is 2. The third-order valence-corrected chi connectivity index (χ3v) is 11.4. The van der Waals surface area contributed by atoms with Gasteiger partial charge in [-0.1, -0.05) is 0 Å². The van der Waals surface area contributed by atoms with Crippen LogP contribution in [0.5, 0.6) is 0 Å². The fourth-order valence-electron chi connectivity index (χ4n) is 7.05. The predicted molar refractivity (Wildman–Crippen MR) is 205 cm³/mol. The molecule has 0 saturated carbocycles. The maximum absolute atomic E-state index is 13.0. The molecule has 4 aromatic rings. The lowest BCUT2D eigenvalue weighted by Gasteiger charge is -2.37. The van der Waals surface area contributed by atoms with Gasteiger partial charge < -0.3 is 25.2 Å². The van der Waals surface area contributed by atoms with Crippen molar-refractivity contribution in [2.75, 3.05) is 100 Å². The number of ether oxygens (including phenoxy) is 1. The first-order chi connectivity index (χ1) is 25.5. The molecule has 2 N–H and O–H groups in total. The molecule has 0 bridgehead atoms. The summed E-state index contributed by atoms with van der Waals surface area (Å²) in [6.45, 7) is 13.1. The number of nitrogens with zero attached hydrogens (tertiary/aromatic N) is 8. The largest absolute Gasteiger partial charge is 0.378 e. The molecule has 2 aromatic carbocycles. The average molecular weight is 745 g/mol. The molecule has 2 aromatic heterocycles. The number of sulfonamides is 1. The van der Waals surface area contributed by atoms with Crippen molar-refractivity contribution in [2.45, 2.75) is 26.4 Å². The van der Waals surface area contributed by atoms with Crippen LogP contribution in [0.2, 0.25) is 0 Å². The van der Waals surface area contributed by atoms with Crippen LogP contribution in [-0.2, 0) is 21.3 Å². The molecule has 0 radical (unpaired) electrons. The number of fused-ring (bicyclic) bond motifs is 1. The third kappa shape index (κ3) is 8.79. The second-order valence-corrected chi connectivity index (χ2v) is 16.1. The van der Waals surface area contributed by atoms with Crippen molar-refractivity contribution in [3.05, 3.63) is 71.9 Å². The standard InChI is InChI=1S/C37H48N10O5S/c1-27(2)43-14-16-45(17-15-43)36(48)30-6-10-32(11-7-30)39-37(49)38-31-8-4-29(5-9-31)34-40-35(44-20-22-52-23-21-44)33-24-28(26-47(33)41-34)25-42-12-18-46(19-13-42)53(3,50)51/h4-11,24,26-27H,12-23,25H2,1-3H3,(H2,38,39,49). The number of amides is 3. The van der Waals surface area contributed by atoms with Crippen molar-refractivity contribution < 1.29 is 22.7 Å². The van der Waals surface area contributed by atoms with Crippen LogP contribution in [0, 0.1) is 0 Å². The zero-order valence-corrected chi connectivity index (χ0v) is 31.4. The topological polar surface area (TPSA) is 148 Å². The van der Waals surface area contributed by atoms with E-state index in [1.165, 1.54) is 10.6 Å². The summed E-state index contributed by atoms with van der Waals surface area (Å²) in [5.41, 5.74) is 4.56. The number of rotatable bonds is 9. The molecular weight excluding hydrogens is 697 g/mol. The van der Waals surface area contributed by atoms with Crippen LogP contribution in [-0.4, -0.2) is 145 Å². The maximum Gasteiger partial charge on any atom is 0.323 e. The summed E-state index contributed by atoms with van der Waals surface area (Å²) in [7, 11) is -3.19. The number of piperazine rings is 2. The molecular formula is C37H48N10O5S. The molecule has 282 valence electrons. The van der Waals surface area contributed by atoms with E-state index < -0.39 is 16.1 Å². The number of aromatic nitrogens is 3. The van der Waals surface area contributed by atoms with Crippen molar-refractivity contribution in [3.8, 4) is 11.4 Å². The zero-order chi connectivity index (χ0) is 37.1. The lowest BCUT2D eigenvalue weighted by atomic mass is 10.1. The highest BCUT2D eigenvalue weighted by molar-refractivity contribution is 7.88. The summed E-state index contributed by atoms with van der Waals surface area (Å²) in [6, 6.07) is 16.6. The molecule has 0 spiro atoms. The van der Waals surface area contributed by atoms with Gasteiger partial charge in [-0.15, -0.1) is 5.10 Å². The number of anilines is 3. The van der Waals surface area contributed by atoms with Crippen LogP contribution in [0.15, 0.2) is 60.8 Å². The van der Waals surface area contributed by atoms with Gasteiger partial charge in [0.15, 0.2) is 11.6 Å². The quantitative estimate of drug-likeness (QED) is 0.262. The van der Waals surface area contributed by atoms with Gasteiger partial charge in [0.25, 0.3) is 5.91 Å². The van der Waals surface area contributed by atoms with Crippen LogP contribution < -0.4 is 15.5 Å². The summed E-state index contributed by atoms with van der Waals surface area (Å²) >= 11 is 0. The molecule has 0 aliphatic carbocycles. The van der Waals surface area contributed by atoms with E-state index in [4.69, 9.17) is 14.8 Å². The molecule has 5 heterocycles. The predicted octanol–water partition coefficient (Wildman–Crippen LogP) is 3.12. The van der Waals surface area contributed by atoms with Crippen molar-refractivity contribution >= 4 is 44.7 Å². The Balaban J connectivity index is 0.997. The Labute approximate surface area is 310 Å². The van der Waals surface area contributed by atoms with Crippen molar-refractivity contribution in [2.24, 2.45) is 0 Å². The average Bonchev–Trinajstić information content (AvgIpc) is 3.57. The number of urea groups is 1. The molecule has 53 heavy (non-hydrogen) atoms. The normalized spacial score (nSPS) is 18.1. The second-order valence-electron chi connectivity index (χ2n) is 14.1. The molecule has 0 atom stereocenters. The molecule has 3 saturated heterocycles. The fraction of sp³-hybridized carbons (Fsp3) is 0.459. The highest BCUT2D eigenvalue weighted by atomic mass is 32.2. The Hall–Kier alpha value is -4.61. The van der Waals surface area contributed by atoms with Gasteiger partial charge in [0, 0.05) is 107 Å². The molecule has 7 rings (SSSR count). The molecule has 16 heteroatoms. The van der Waals surface area contributed by atoms with E-state index in [9.17, 15) is 18.0 Å². The minimum atomic E-state index is -3.19. The van der Waals surface area contributed by atoms with E-state index in [-0.39, 0.29) is 5.91 Å². The molecule has 3 aliphatic heterocycles. The van der Waals surface area contributed by atoms with Gasteiger partial charge in [-0.05, 0) is 74.0 Å². The van der Waals surface area contributed by atoms with Crippen molar-refractivity contribution in [1.29, 1.82) is 0 Å². The van der Waals surface area contributed by atoms with Gasteiger partial charge in [-0.25, -0.2) is 22.7 Å².